The van der Waals surface area contributed by atoms with Gasteiger partial charge in [-0.3, -0.25) is 14.2 Å². The molecule has 6 nitrogen and oxygen atoms in total. The van der Waals surface area contributed by atoms with E-state index in [-0.39, 0.29) is 39.4 Å². The van der Waals surface area contributed by atoms with Gasteiger partial charge in [-0.1, -0.05) is 36.2 Å². The van der Waals surface area contributed by atoms with Gasteiger partial charge in [0.15, 0.2) is 5.82 Å². The summed E-state index contributed by atoms with van der Waals surface area (Å²) in [5.74, 6) is -0.801. The third-order valence-corrected chi connectivity index (χ3v) is 6.39. The van der Waals surface area contributed by atoms with Crippen LogP contribution in [-0.2, 0) is 9.53 Å². The molecule has 1 saturated heterocycles. The molecular weight excluding hydrogens is 475 g/mol. The molecule has 0 N–H and O–H groups in total. The summed E-state index contributed by atoms with van der Waals surface area (Å²) in [7, 11) is 0. The minimum Gasteiger partial charge on any atom is -0.460 e. The van der Waals surface area contributed by atoms with E-state index in [0.717, 1.165) is 4.57 Å². The maximum Gasteiger partial charge on any atom is 0.306 e. The monoisotopic (exact) mass is 501 g/mol. The minimum atomic E-state index is -3.00. The lowest BCUT2D eigenvalue weighted by Crippen LogP contribution is -2.41. The molecule has 1 aliphatic heterocycles. The summed E-state index contributed by atoms with van der Waals surface area (Å²) >= 11 is 12.2. The molecule has 0 atom stereocenters. The highest BCUT2D eigenvalue weighted by Gasteiger charge is 2.35. The Hall–Kier alpha value is -2.19. The van der Waals surface area contributed by atoms with Crippen molar-refractivity contribution in [1.29, 1.82) is 0 Å². The summed E-state index contributed by atoms with van der Waals surface area (Å²) in [6, 6.07) is 5.69. The molecule has 2 aromatic rings. The lowest BCUT2D eigenvalue weighted by atomic mass is 9.77. The standard InChI is InChI=1S/C23H27Cl2F2N3O3/c1-22(2,3)33-18(32)13-23(4)8-10-29(11-9-23)16-12-17(31)30(21(28-16)20(26)27)15-7-5-6-14(24)19(15)25/h5-7,12,20H,8-11,13H2,1-4H3. The zero-order chi connectivity index (χ0) is 24.6. The van der Waals surface area contributed by atoms with Crippen molar-refractivity contribution in [2.75, 3.05) is 18.0 Å². The molecule has 180 valence electrons. The van der Waals surface area contributed by atoms with Gasteiger partial charge in [-0.05, 0) is 51.2 Å². The second kappa shape index (κ2) is 9.58. The second-order valence-electron chi connectivity index (χ2n) is 9.58. The number of anilines is 1. The summed E-state index contributed by atoms with van der Waals surface area (Å²) in [4.78, 5) is 31.0. The molecule has 0 amide bonds. The number of nitrogens with zero attached hydrogens (tertiary/aromatic N) is 3. The molecule has 1 aromatic heterocycles. The summed E-state index contributed by atoms with van der Waals surface area (Å²) in [6.07, 6.45) is -1.49. The molecule has 0 bridgehead atoms. The van der Waals surface area contributed by atoms with Gasteiger partial charge in [0.25, 0.3) is 12.0 Å². The number of carbonyl (C=O) groups excluding carboxylic acids is 1. The maximum absolute atomic E-state index is 13.9. The maximum atomic E-state index is 13.9. The van der Waals surface area contributed by atoms with Crippen LogP contribution in [-0.4, -0.2) is 34.2 Å². The molecular formula is C23H27Cl2F2N3O3. The van der Waals surface area contributed by atoms with Crippen molar-refractivity contribution >= 4 is 35.0 Å². The van der Waals surface area contributed by atoms with Gasteiger partial charge in [-0.25, -0.2) is 13.8 Å². The Morgan fingerprint density at radius 2 is 1.88 bits per heavy atom. The predicted octanol–water partition coefficient (Wildman–Crippen LogP) is 5.82. The van der Waals surface area contributed by atoms with E-state index in [9.17, 15) is 18.4 Å². The topological polar surface area (TPSA) is 64.4 Å². The van der Waals surface area contributed by atoms with Crippen LogP contribution in [0.5, 0.6) is 0 Å². The Morgan fingerprint density at radius 1 is 1.24 bits per heavy atom. The van der Waals surface area contributed by atoms with Gasteiger partial charge in [-0.2, -0.15) is 0 Å². The average molecular weight is 502 g/mol. The SMILES string of the molecule is CC1(CC(=O)OC(C)(C)C)CCN(c2cc(=O)n(-c3cccc(Cl)c3Cl)c(C(F)F)n2)CC1. The Bertz CT molecular complexity index is 1090. The molecule has 2 heterocycles. The van der Waals surface area contributed by atoms with Crippen LogP contribution in [0.3, 0.4) is 0 Å². The van der Waals surface area contributed by atoms with E-state index in [1.165, 1.54) is 24.3 Å². The van der Waals surface area contributed by atoms with Crippen molar-refractivity contribution in [2.45, 2.75) is 59.0 Å². The minimum absolute atomic E-state index is 0.00593. The highest BCUT2D eigenvalue weighted by atomic mass is 35.5. The van der Waals surface area contributed by atoms with Crippen molar-refractivity contribution in [3.8, 4) is 5.69 Å². The third kappa shape index (κ3) is 6.03. The lowest BCUT2D eigenvalue weighted by Gasteiger charge is -2.39. The average Bonchev–Trinajstić information content (AvgIpc) is 2.68. The molecule has 1 fully saturated rings. The van der Waals surface area contributed by atoms with Crippen LogP contribution in [0.4, 0.5) is 14.6 Å². The van der Waals surface area contributed by atoms with Gasteiger partial charge in [0.05, 0.1) is 22.2 Å². The van der Waals surface area contributed by atoms with E-state index in [2.05, 4.69) is 4.98 Å². The van der Waals surface area contributed by atoms with Crippen LogP contribution >= 0.6 is 23.2 Å². The van der Waals surface area contributed by atoms with Crippen LogP contribution in [0.15, 0.2) is 29.1 Å². The summed E-state index contributed by atoms with van der Waals surface area (Å²) in [5.41, 5.74) is -1.47. The van der Waals surface area contributed by atoms with E-state index >= 15 is 0 Å². The highest BCUT2D eigenvalue weighted by molar-refractivity contribution is 6.43. The zero-order valence-electron chi connectivity index (χ0n) is 19.0. The predicted molar refractivity (Wildman–Crippen MR) is 125 cm³/mol. The molecule has 0 radical (unpaired) electrons. The number of ether oxygens (including phenoxy) is 1. The summed E-state index contributed by atoms with van der Waals surface area (Å²) < 4.78 is 34.0. The van der Waals surface area contributed by atoms with Gasteiger partial charge in [0.1, 0.15) is 11.4 Å². The molecule has 0 unspecified atom stereocenters. The van der Waals surface area contributed by atoms with E-state index < -0.39 is 23.4 Å². The fraction of sp³-hybridized carbons (Fsp3) is 0.522. The number of rotatable bonds is 5. The van der Waals surface area contributed by atoms with Crippen LogP contribution in [0.25, 0.3) is 5.69 Å². The van der Waals surface area contributed by atoms with E-state index in [1.807, 2.05) is 27.7 Å². The van der Waals surface area contributed by atoms with Gasteiger partial charge in [0.2, 0.25) is 0 Å². The fourth-order valence-corrected chi connectivity index (χ4v) is 4.26. The lowest BCUT2D eigenvalue weighted by molar-refractivity contribution is -0.157. The molecule has 1 aromatic carbocycles. The summed E-state index contributed by atoms with van der Waals surface area (Å²) in [6.45, 7) is 8.40. The van der Waals surface area contributed by atoms with Gasteiger partial charge in [-0.15, -0.1) is 0 Å². The Balaban J connectivity index is 1.84. The smallest absolute Gasteiger partial charge is 0.306 e. The number of halogens is 4. The molecule has 0 spiro atoms. The molecule has 1 aliphatic rings. The molecule has 10 heteroatoms. The molecule has 33 heavy (non-hydrogen) atoms. The van der Waals surface area contributed by atoms with E-state index in [0.29, 0.717) is 25.9 Å². The number of hydrogen-bond acceptors (Lipinski definition) is 5. The Labute approximate surface area is 201 Å². The van der Waals surface area contributed by atoms with E-state index in [4.69, 9.17) is 27.9 Å². The fourth-order valence-electron chi connectivity index (χ4n) is 3.88. The Morgan fingerprint density at radius 3 is 2.45 bits per heavy atom. The summed E-state index contributed by atoms with van der Waals surface area (Å²) in [5, 5.41) is 0.138. The number of alkyl halides is 2. The number of esters is 1. The first-order valence-electron chi connectivity index (χ1n) is 10.6. The first-order chi connectivity index (χ1) is 15.3. The first-order valence-corrected chi connectivity index (χ1v) is 11.4. The van der Waals surface area contributed by atoms with Gasteiger partial charge >= 0.3 is 5.97 Å². The zero-order valence-corrected chi connectivity index (χ0v) is 20.5. The van der Waals surface area contributed by atoms with Crippen molar-refractivity contribution < 1.29 is 18.3 Å². The molecule has 0 saturated carbocycles. The molecule has 3 rings (SSSR count). The van der Waals surface area contributed by atoms with Crippen LogP contribution in [0.1, 0.15) is 59.2 Å². The first kappa shape index (κ1) is 25.4. The van der Waals surface area contributed by atoms with Crippen molar-refractivity contribution in [3.05, 3.63) is 50.5 Å². The third-order valence-electron chi connectivity index (χ3n) is 5.58. The Kier molecular flexibility index (Phi) is 7.39. The number of hydrogen-bond donors (Lipinski definition) is 0. The normalized spacial score (nSPS) is 16.2. The van der Waals surface area contributed by atoms with Crippen LogP contribution < -0.4 is 10.5 Å². The number of aromatic nitrogens is 2. The van der Waals surface area contributed by atoms with Crippen molar-refractivity contribution in [1.82, 2.24) is 9.55 Å². The van der Waals surface area contributed by atoms with Gasteiger partial charge < -0.3 is 9.64 Å². The largest absolute Gasteiger partial charge is 0.460 e. The van der Waals surface area contributed by atoms with Crippen molar-refractivity contribution in [2.24, 2.45) is 5.41 Å². The highest BCUT2D eigenvalue weighted by Crippen LogP contribution is 2.37. The number of benzene rings is 1. The quantitative estimate of drug-likeness (QED) is 0.483. The number of carbonyl (C=O) groups is 1. The molecule has 0 aliphatic carbocycles. The van der Waals surface area contributed by atoms with E-state index in [1.54, 1.807) is 4.90 Å². The van der Waals surface area contributed by atoms with Crippen molar-refractivity contribution in [3.63, 3.8) is 0 Å². The van der Waals surface area contributed by atoms with Crippen LogP contribution in [0, 0.1) is 5.41 Å². The van der Waals surface area contributed by atoms with Gasteiger partial charge in [0, 0.05) is 19.2 Å². The number of piperidine rings is 1. The second-order valence-corrected chi connectivity index (χ2v) is 10.4. The van der Waals surface area contributed by atoms with Crippen LogP contribution in [0.2, 0.25) is 10.0 Å².